The number of carbonyl (C=O) groups is 1. The Bertz CT molecular complexity index is 317. The van der Waals surface area contributed by atoms with Crippen molar-refractivity contribution in [1.82, 2.24) is 0 Å². The van der Waals surface area contributed by atoms with Gasteiger partial charge in [0.25, 0.3) is 0 Å². The molecule has 0 saturated carbocycles. The highest BCUT2D eigenvalue weighted by molar-refractivity contribution is 6.30. The third-order valence-electron chi connectivity index (χ3n) is 1.23. The molecule has 0 amide bonds. The smallest absolute Gasteiger partial charge is 0.337 e. The zero-order valence-corrected chi connectivity index (χ0v) is 8.05. The van der Waals surface area contributed by atoms with Crippen molar-refractivity contribution in [1.29, 1.82) is 0 Å². The summed E-state index contributed by atoms with van der Waals surface area (Å²) in [6.45, 7) is 0. The van der Waals surface area contributed by atoms with Crippen molar-refractivity contribution in [2.45, 2.75) is 0 Å². The van der Waals surface area contributed by atoms with E-state index in [1.165, 1.54) is 0 Å². The number of carbonyl (C=O) groups excluding carboxylic acids is 1. The van der Waals surface area contributed by atoms with Crippen molar-refractivity contribution < 1.29 is 9.53 Å². The topological polar surface area (TPSA) is 26.3 Å². The summed E-state index contributed by atoms with van der Waals surface area (Å²) in [6.07, 6.45) is 1.12. The molecule has 0 heterocycles. The molecule has 1 rings (SSSR count). The number of hydrogen-bond donors (Lipinski definition) is 0. The van der Waals surface area contributed by atoms with Crippen molar-refractivity contribution in [2.75, 3.05) is 0 Å². The van der Waals surface area contributed by atoms with Crippen molar-refractivity contribution >= 4 is 29.2 Å². The first-order chi connectivity index (χ1) is 6.22. The van der Waals surface area contributed by atoms with Crippen LogP contribution in [0.3, 0.4) is 0 Å². The number of halogens is 2. The molecule has 0 aliphatic carbocycles. The lowest BCUT2D eigenvalue weighted by Crippen LogP contribution is -2.02. The normalized spacial score (nSPS) is 10.3. The Hall–Kier alpha value is -0.990. The minimum absolute atomic E-state index is 0.434. The number of rotatable bonds is 2. The first-order valence-electron chi connectivity index (χ1n) is 3.46. The van der Waals surface area contributed by atoms with E-state index in [4.69, 9.17) is 27.9 Å². The molecule has 0 aromatic heterocycles. The van der Waals surface area contributed by atoms with Crippen LogP contribution in [0.25, 0.3) is 0 Å². The Kier molecular flexibility index (Phi) is 3.80. The van der Waals surface area contributed by atoms with E-state index in [-0.39, 0.29) is 0 Å². The minimum Gasteiger partial charge on any atom is -0.423 e. The van der Waals surface area contributed by atoms with Crippen LogP contribution in [-0.4, -0.2) is 5.97 Å². The van der Waals surface area contributed by atoms with Gasteiger partial charge in [-0.1, -0.05) is 23.2 Å². The van der Waals surface area contributed by atoms with Crippen LogP contribution in [0.15, 0.2) is 35.9 Å². The zero-order valence-electron chi connectivity index (χ0n) is 6.54. The van der Waals surface area contributed by atoms with E-state index in [0.717, 1.165) is 11.6 Å². The molecule has 0 atom stereocenters. The van der Waals surface area contributed by atoms with Crippen LogP contribution in [0.4, 0.5) is 0 Å². The Labute approximate surface area is 85.7 Å². The van der Waals surface area contributed by atoms with E-state index in [0.29, 0.717) is 10.8 Å². The molecule has 0 spiro atoms. The molecule has 0 aliphatic rings. The second-order valence-electron chi connectivity index (χ2n) is 2.17. The molecule has 2 nitrogen and oxygen atoms in total. The van der Waals surface area contributed by atoms with Crippen LogP contribution in [0.2, 0.25) is 5.02 Å². The SMILES string of the molecule is O=C(/C=C/Cl)Oc1ccc(Cl)cc1. The summed E-state index contributed by atoms with van der Waals surface area (Å²) in [4.78, 5) is 10.9. The molecular formula is C9H6Cl2O2. The largest absolute Gasteiger partial charge is 0.423 e. The highest BCUT2D eigenvalue weighted by Crippen LogP contribution is 2.15. The third-order valence-corrected chi connectivity index (χ3v) is 1.61. The van der Waals surface area contributed by atoms with E-state index in [1.54, 1.807) is 24.3 Å². The van der Waals surface area contributed by atoms with E-state index in [1.807, 2.05) is 0 Å². The number of ether oxygens (including phenoxy) is 1. The van der Waals surface area contributed by atoms with Crippen molar-refractivity contribution in [3.63, 3.8) is 0 Å². The van der Waals surface area contributed by atoms with Crippen LogP contribution in [-0.2, 0) is 4.79 Å². The van der Waals surface area contributed by atoms with Gasteiger partial charge in [0.05, 0.1) is 0 Å². The predicted molar refractivity (Wildman–Crippen MR) is 52.1 cm³/mol. The van der Waals surface area contributed by atoms with Crippen LogP contribution >= 0.6 is 23.2 Å². The van der Waals surface area contributed by atoms with Crippen molar-refractivity contribution in [3.8, 4) is 5.75 Å². The van der Waals surface area contributed by atoms with Crippen molar-refractivity contribution in [3.05, 3.63) is 40.9 Å². The monoisotopic (exact) mass is 216 g/mol. The second-order valence-corrected chi connectivity index (χ2v) is 2.86. The van der Waals surface area contributed by atoms with Gasteiger partial charge in [0.1, 0.15) is 5.75 Å². The molecule has 0 radical (unpaired) electrons. The Morgan fingerprint density at radius 2 is 1.92 bits per heavy atom. The van der Waals surface area contributed by atoms with Gasteiger partial charge >= 0.3 is 5.97 Å². The van der Waals surface area contributed by atoms with Gasteiger partial charge in [-0.25, -0.2) is 4.79 Å². The average Bonchev–Trinajstić information content (AvgIpc) is 2.09. The van der Waals surface area contributed by atoms with Gasteiger partial charge in [0.2, 0.25) is 0 Å². The van der Waals surface area contributed by atoms with Gasteiger partial charge < -0.3 is 4.74 Å². The molecule has 1 aromatic rings. The lowest BCUT2D eigenvalue weighted by atomic mass is 10.3. The summed E-state index contributed by atoms with van der Waals surface area (Å²) in [5, 5.41) is 0.590. The fraction of sp³-hybridized carbons (Fsp3) is 0. The fourth-order valence-corrected chi connectivity index (χ4v) is 0.933. The standard InChI is InChI=1S/C9H6Cl2O2/c10-6-5-9(12)13-8-3-1-7(11)2-4-8/h1-6H/b6-5+. The van der Waals surface area contributed by atoms with E-state index in [9.17, 15) is 4.79 Å². The highest BCUT2D eigenvalue weighted by atomic mass is 35.5. The number of benzene rings is 1. The van der Waals surface area contributed by atoms with Gasteiger partial charge in [0, 0.05) is 16.6 Å². The van der Waals surface area contributed by atoms with Crippen LogP contribution < -0.4 is 4.74 Å². The maximum atomic E-state index is 10.9. The minimum atomic E-state index is -0.516. The molecule has 68 valence electrons. The van der Waals surface area contributed by atoms with E-state index in [2.05, 4.69) is 0 Å². The predicted octanol–water partition coefficient (Wildman–Crippen LogP) is 3.00. The van der Waals surface area contributed by atoms with Gasteiger partial charge in [-0.15, -0.1) is 0 Å². The molecule has 0 saturated heterocycles. The Morgan fingerprint density at radius 1 is 1.31 bits per heavy atom. The van der Waals surface area contributed by atoms with Crippen LogP contribution in [0.5, 0.6) is 5.75 Å². The fourth-order valence-electron chi connectivity index (χ4n) is 0.704. The average molecular weight is 217 g/mol. The molecule has 1 aromatic carbocycles. The summed E-state index contributed by atoms with van der Waals surface area (Å²) in [6, 6.07) is 6.47. The van der Waals surface area contributed by atoms with Crippen LogP contribution in [0.1, 0.15) is 0 Å². The van der Waals surface area contributed by atoms with Gasteiger partial charge in [-0.2, -0.15) is 0 Å². The van der Waals surface area contributed by atoms with Gasteiger partial charge in [-0.05, 0) is 24.3 Å². The lowest BCUT2D eigenvalue weighted by molar-refractivity contribution is -0.128. The lowest BCUT2D eigenvalue weighted by Gasteiger charge is -1.99. The maximum Gasteiger partial charge on any atom is 0.337 e. The van der Waals surface area contributed by atoms with Gasteiger partial charge in [-0.3, -0.25) is 0 Å². The van der Waals surface area contributed by atoms with Crippen LogP contribution in [0, 0.1) is 0 Å². The summed E-state index contributed by atoms with van der Waals surface area (Å²) >= 11 is 10.8. The van der Waals surface area contributed by atoms with E-state index >= 15 is 0 Å². The Morgan fingerprint density at radius 3 is 2.46 bits per heavy atom. The quantitative estimate of drug-likeness (QED) is 0.432. The molecular weight excluding hydrogens is 211 g/mol. The number of hydrogen-bond acceptors (Lipinski definition) is 2. The molecule has 0 unspecified atom stereocenters. The molecule has 4 heteroatoms. The molecule has 0 fully saturated rings. The zero-order chi connectivity index (χ0) is 9.68. The molecule has 0 bridgehead atoms. The third kappa shape index (κ3) is 3.49. The highest BCUT2D eigenvalue weighted by Gasteiger charge is 1.98. The second kappa shape index (κ2) is 4.90. The van der Waals surface area contributed by atoms with Gasteiger partial charge in [0.15, 0.2) is 0 Å². The first kappa shape index (κ1) is 10.1. The summed E-state index contributed by atoms with van der Waals surface area (Å²) in [5.41, 5.74) is 1.10. The van der Waals surface area contributed by atoms with Crippen molar-refractivity contribution in [2.24, 2.45) is 0 Å². The summed E-state index contributed by atoms with van der Waals surface area (Å²) < 4.78 is 4.84. The summed E-state index contributed by atoms with van der Waals surface area (Å²) in [7, 11) is 0. The molecule has 0 aliphatic heterocycles. The Balaban J connectivity index is 2.64. The first-order valence-corrected chi connectivity index (χ1v) is 4.28. The summed E-state index contributed by atoms with van der Waals surface area (Å²) in [5.74, 6) is -0.0820. The van der Waals surface area contributed by atoms with E-state index < -0.39 is 5.97 Å². The number of esters is 1. The molecule has 0 N–H and O–H groups in total. The molecule has 13 heavy (non-hydrogen) atoms. The maximum absolute atomic E-state index is 10.9.